The first kappa shape index (κ1) is 16.8. The SMILES string of the molecule is CCC(NC(=O)C1CC2CCCC(C1)C2N)c1ccc(Cl)cc1. The van der Waals surface area contributed by atoms with Crippen molar-refractivity contribution in [2.24, 2.45) is 23.5 Å². The van der Waals surface area contributed by atoms with Gasteiger partial charge in [0.25, 0.3) is 0 Å². The first-order valence-electron chi connectivity index (χ1n) is 8.90. The Morgan fingerprint density at radius 2 is 1.87 bits per heavy atom. The summed E-state index contributed by atoms with van der Waals surface area (Å²) in [6.07, 6.45) is 6.46. The monoisotopic (exact) mass is 334 g/mol. The molecule has 0 radical (unpaired) electrons. The van der Waals surface area contributed by atoms with Crippen LogP contribution in [0, 0.1) is 17.8 Å². The zero-order valence-electron chi connectivity index (χ0n) is 13.8. The van der Waals surface area contributed by atoms with Gasteiger partial charge in [-0.05, 0) is 61.6 Å². The lowest BCUT2D eigenvalue weighted by Gasteiger charge is -2.43. The lowest BCUT2D eigenvalue weighted by Crippen LogP contribution is -2.49. The maximum Gasteiger partial charge on any atom is 0.223 e. The van der Waals surface area contributed by atoms with Crippen LogP contribution in [0.15, 0.2) is 24.3 Å². The summed E-state index contributed by atoms with van der Waals surface area (Å²) in [6.45, 7) is 2.10. The fraction of sp³-hybridized carbons (Fsp3) is 0.632. The van der Waals surface area contributed by atoms with Crippen LogP contribution in [0.2, 0.25) is 5.02 Å². The molecule has 3 rings (SSSR count). The number of nitrogens with two attached hydrogens (primary N) is 1. The van der Waals surface area contributed by atoms with E-state index in [0.29, 0.717) is 17.9 Å². The summed E-state index contributed by atoms with van der Waals surface area (Å²) in [4.78, 5) is 12.8. The molecule has 4 heteroatoms. The Morgan fingerprint density at radius 1 is 1.26 bits per heavy atom. The number of amides is 1. The number of hydrogen-bond donors (Lipinski definition) is 2. The molecule has 2 fully saturated rings. The second-order valence-corrected chi connectivity index (χ2v) is 7.65. The number of fused-ring (bicyclic) bond motifs is 2. The zero-order valence-corrected chi connectivity index (χ0v) is 14.6. The Hall–Kier alpha value is -1.06. The van der Waals surface area contributed by atoms with Gasteiger partial charge in [0.1, 0.15) is 0 Å². The van der Waals surface area contributed by atoms with Gasteiger partial charge in [0.2, 0.25) is 5.91 Å². The number of hydrogen-bond acceptors (Lipinski definition) is 2. The summed E-state index contributed by atoms with van der Waals surface area (Å²) in [5.41, 5.74) is 7.46. The molecule has 2 aliphatic carbocycles. The number of halogens is 1. The number of rotatable bonds is 4. The highest BCUT2D eigenvalue weighted by Gasteiger charge is 2.40. The van der Waals surface area contributed by atoms with Crippen molar-refractivity contribution in [3.8, 4) is 0 Å². The van der Waals surface area contributed by atoms with Gasteiger partial charge in [-0.15, -0.1) is 0 Å². The molecule has 126 valence electrons. The van der Waals surface area contributed by atoms with Gasteiger partial charge in [0.15, 0.2) is 0 Å². The van der Waals surface area contributed by atoms with Crippen LogP contribution in [-0.4, -0.2) is 11.9 Å². The van der Waals surface area contributed by atoms with Crippen molar-refractivity contribution in [3.63, 3.8) is 0 Å². The fourth-order valence-electron chi connectivity index (χ4n) is 4.41. The number of carbonyl (C=O) groups excluding carboxylic acids is 1. The van der Waals surface area contributed by atoms with Crippen LogP contribution in [0.4, 0.5) is 0 Å². The molecule has 2 aliphatic rings. The molecule has 0 heterocycles. The van der Waals surface area contributed by atoms with Crippen LogP contribution in [0.3, 0.4) is 0 Å². The van der Waals surface area contributed by atoms with Crippen molar-refractivity contribution in [1.29, 1.82) is 0 Å². The Kier molecular flexibility index (Phi) is 5.27. The molecule has 3 nitrogen and oxygen atoms in total. The molecule has 23 heavy (non-hydrogen) atoms. The molecule has 0 aromatic heterocycles. The van der Waals surface area contributed by atoms with Gasteiger partial charge in [0.05, 0.1) is 6.04 Å². The topological polar surface area (TPSA) is 55.1 Å². The van der Waals surface area contributed by atoms with Gasteiger partial charge >= 0.3 is 0 Å². The quantitative estimate of drug-likeness (QED) is 0.872. The van der Waals surface area contributed by atoms with Crippen LogP contribution < -0.4 is 11.1 Å². The fourth-order valence-corrected chi connectivity index (χ4v) is 4.53. The molecule has 2 bridgehead atoms. The standard InChI is InChI=1S/C19H27ClN2O/c1-2-17(12-6-8-16(20)9-7-12)22-19(23)15-10-13-4-3-5-14(11-15)18(13)21/h6-9,13-15,17-18H,2-5,10-11,21H2,1H3,(H,22,23). The molecular weight excluding hydrogens is 308 g/mol. The molecule has 2 saturated carbocycles. The highest BCUT2D eigenvalue weighted by Crippen LogP contribution is 2.42. The lowest BCUT2D eigenvalue weighted by molar-refractivity contribution is -0.128. The maximum atomic E-state index is 12.8. The minimum absolute atomic E-state index is 0.0650. The Balaban J connectivity index is 1.64. The molecule has 0 aliphatic heterocycles. The molecule has 1 aromatic rings. The summed E-state index contributed by atoms with van der Waals surface area (Å²) >= 11 is 5.96. The number of carbonyl (C=O) groups is 1. The average Bonchev–Trinajstić information content (AvgIpc) is 2.53. The lowest BCUT2D eigenvalue weighted by atomic mass is 9.65. The van der Waals surface area contributed by atoms with Crippen LogP contribution in [0.5, 0.6) is 0 Å². The predicted octanol–water partition coefficient (Wildman–Crippen LogP) is 4.06. The van der Waals surface area contributed by atoms with Crippen molar-refractivity contribution in [3.05, 3.63) is 34.9 Å². The first-order valence-corrected chi connectivity index (χ1v) is 9.27. The maximum absolute atomic E-state index is 12.8. The van der Waals surface area contributed by atoms with E-state index in [9.17, 15) is 4.79 Å². The minimum Gasteiger partial charge on any atom is -0.349 e. The third-order valence-corrected chi connectivity index (χ3v) is 6.03. The molecule has 0 spiro atoms. The Morgan fingerprint density at radius 3 is 2.43 bits per heavy atom. The summed E-state index contributed by atoms with van der Waals surface area (Å²) in [5.74, 6) is 1.41. The van der Waals surface area contributed by atoms with Gasteiger partial charge < -0.3 is 11.1 Å². The van der Waals surface area contributed by atoms with Gasteiger partial charge in [0, 0.05) is 17.0 Å². The second kappa shape index (κ2) is 7.23. The van der Waals surface area contributed by atoms with E-state index in [1.807, 2.05) is 24.3 Å². The van der Waals surface area contributed by atoms with E-state index in [1.54, 1.807) is 0 Å². The summed E-state index contributed by atoms with van der Waals surface area (Å²) < 4.78 is 0. The second-order valence-electron chi connectivity index (χ2n) is 7.22. The van der Waals surface area contributed by atoms with Crippen molar-refractivity contribution < 1.29 is 4.79 Å². The average molecular weight is 335 g/mol. The first-order chi connectivity index (χ1) is 11.1. The van der Waals surface area contributed by atoms with Crippen LogP contribution in [-0.2, 0) is 4.79 Å². The van der Waals surface area contributed by atoms with Crippen LogP contribution in [0.1, 0.15) is 57.1 Å². The molecule has 3 N–H and O–H groups in total. The van der Waals surface area contributed by atoms with Crippen molar-refractivity contribution >= 4 is 17.5 Å². The van der Waals surface area contributed by atoms with Crippen molar-refractivity contribution in [1.82, 2.24) is 5.32 Å². The van der Waals surface area contributed by atoms with Crippen molar-refractivity contribution in [2.75, 3.05) is 0 Å². The highest BCUT2D eigenvalue weighted by molar-refractivity contribution is 6.30. The van der Waals surface area contributed by atoms with E-state index in [2.05, 4.69) is 12.2 Å². The Bertz CT molecular complexity index is 531. The van der Waals surface area contributed by atoms with E-state index in [4.69, 9.17) is 17.3 Å². The summed E-state index contributed by atoms with van der Waals surface area (Å²) in [6, 6.07) is 8.15. The summed E-state index contributed by atoms with van der Waals surface area (Å²) in [5, 5.41) is 3.98. The van der Waals surface area contributed by atoms with Gasteiger partial charge in [-0.3, -0.25) is 4.79 Å². The molecule has 0 saturated heterocycles. The number of benzene rings is 1. The third kappa shape index (κ3) is 3.72. The predicted molar refractivity (Wildman–Crippen MR) is 94.2 cm³/mol. The molecule has 3 atom stereocenters. The largest absolute Gasteiger partial charge is 0.349 e. The number of nitrogens with one attached hydrogen (secondary N) is 1. The smallest absolute Gasteiger partial charge is 0.223 e. The van der Waals surface area contributed by atoms with E-state index in [1.165, 1.54) is 19.3 Å². The van der Waals surface area contributed by atoms with Gasteiger partial charge in [-0.2, -0.15) is 0 Å². The van der Waals surface area contributed by atoms with Crippen LogP contribution in [0.25, 0.3) is 0 Å². The third-order valence-electron chi connectivity index (χ3n) is 5.78. The van der Waals surface area contributed by atoms with Gasteiger partial charge in [-0.1, -0.05) is 37.1 Å². The van der Waals surface area contributed by atoms with E-state index in [-0.39, 0.29) is 17.9 Å². The molecular formula is C19H27ClN2O. The van der Waals surface area contributed by atoms with Crippen molar-refractivity contribution in [2.45, 2.75) is 57.5 Å². The molecule has 1 amide bonds. The summed E-state index contributed by atoms with van der Waals surface area (Å²) in [7, 11) is 0. The molecule has 3 unspecified atom stereocenters. The van der Waals surface area contributed by atoms with E-state index in [0.717, 1.165) is 29.8 Å². The zero-order chi connectivity index (χ0) is 16.4. The highest BCUT2D eigenvalue weighted by atomic mass is 35.5. The minimum atomic E-state index is 0.0650. The molecule has 1 aromatic carbocycles. The van der Waals surface area contributed by atoms with Gasteiger partial charge in [-0.25, -0.2) is 0 Å². The van der Waals surface area contributed by atoms with E-state index < -0.39 is 0 Å². The van der Waals surface area contributed by atoms with Crippen LogP contribution >= 0.6 is 11.6 Å². The van der Waals surface area contributed by atoms with E-state index >= 15 is 0 Å². The normalized spacial score (nSPS) is 31.4. The Labute approximate surface area is 144 Å².